The molecule has 0 spiro atoms. The summed E-state index contributed by atoms with van der Waals surface area (Å²) in [6.45, 7) is 2.20. The Hall–Kier alpha value is -3.87. The second-order valence-electron chi connectivity index (χ2n) is 7.51. The zero-order valence-electron chi connectivity index (χ0n) is 18.3. The first-order valence-corrected chi connectivity index (χ1v) is 10.3. The highest BCUT2D eigenvalue weighted by Crippen LogP contribution is 2.26. The number of aryl methyl sites for hydroxylation is 1. The van der Waals surface area contributed by atoms with Crippen LogP contribution >= 0.6 is 0 Å². The first-order chi connectivity index (χ1) is 15.6. The van der Waals surface area contributed by atoms with Gasteiger partial charge < -0.3 is 14.3 Å². The van der Waals surface area contributed by atoms with Crippen molar-refractivity contribution in [3.8, 4) is 11.5 Å². The van der Waals surface area contributed by atoms with Crippen molar-refractivity contribution in [2.45, 2.75) is 26.0 Å². The van der Waals surface area contributed by atoms with Gasteiger partial charge in [-0.05, 0) is 41.8 Å². The number of amides is 1. The maximum Gasteiger partial charge on any atom is 0.272 e. The zero-order chi connectivity index (χ0) is 22.5. The molecule has 0 bridgehead atoms. The van der Waals surface area contributed by atoms with E-state index in [-0.39, 0.29) is 12.5 Å². The lowest BCUT2D eigenvalue weighted by atomic mass is 10.0. The number of aromatic nitrogens is 1. The van der Waals surface area contributed by atoms with Crippen molar-refractivity contribution < 1.29 is 19.1 Å². The van der Waals surface area contributed by atoms with Crippen molar-refractivity contribution in [1.82, 2.24) is 9.88 Å². The third-order valence-corrected chi connectivity index (χ3v) is 5.30. The summed E-state index contributed by atoms with van der Waals surface area (Å²) in [5, 5.41) is 4.35. The molecule has 0 fully saturated rings. The smallest absolute Gasteiger partial charge is 0.272 e. The van der Waals surface area contributed by atoms with Gasteiger partial charge in [0.25, 0.3) is 5.91 Å². The van der Waals surface area contributed by atoms with E-state index < -0.39 is 6.10 Å². The van der Waals surface area contributed by atoms with Crippen LogP contribution in [0.15, 0.2) is 72.0 Å². The summed E-state index contributed by atoms with van der Waals surface area (Å²) >= 11 is 0. The molecule has 1 aliphatic rings. The Labute approximate surface area is 187 Å². The maximum atomic E-state index is 13.6. The summed E-state index contributed by atoms with van der Waals surface area (Å²) in [6, 6.07) is 19.1. The fraction of sp³-hybridized carbons (Fsp3) is 0.240. The molecule has 2 heterocycles. The largest absolute Gasteiger partial charge is 0.497 e. The number of methoxy groups -OCH3 is 2. The van der Waals surface area contributed by atoms with Gasteiger partial charge in [0.15, 0.2) is 0 Å². The van der Waals surface area contributed by atoms with E-state index in [1.54, 1.807) is 31.4 Å². The Balaban J connectivity index is 1.70. The number of carbonyl (C=O) groups excluding carboxylic acids is 1. The number of ether oxygens (including phenoxy) is 2. The number of hydrogen-bond acceptors (Lipinski definition) is 6. The van der Waals surface area contributed by atoms with E-state index in [1.807, 2.05) is 61.5 Å². The highest BCUT2D eigenvalue weighted by molar-refractivity contribution is 6.09. The van der Waals surface area contributed by atoms with Crippen molar-refractivity contribution >= 4 is 11.7 Å². The van der Waals surface area contributed by atoms with Gasteiger partial charge in [0.05, 0.1) is 20.8 Å². The average Bonchev–Trinajstić information content (AvgIpc) is 2.82. The van der Waals surface area contributed by atoms with Crippen molar-refractivity contribution in [3.05, 3.63) is 89.2 Å². The third kappa shape index (κ3) is 4.56. The van der Waals surface area contributed by atoms with Gasteiger partial charge in [-0.2, -0.15) is 0 Å². The van der Waals surface area contributed by atoms with Gasteiger partial charge in [-0.3, -0.25) is 14.7 Å². The molecule has 2 aromatic carbocycles. The summed E-state index contributed by atoms with van der Waals surface area (Å²) in [7, 11) is 3.19. The Bertz CT molecular complexity index is 1110. The number of benzene rings is 2. The van der Waals surface area contributed by atoms with E-state index >= 15 is 0 Å². The first-order valence-electron chi connectivity index (χ1n) is 10.3. The minimum atomic E-state index is -0.724. The molecule has 3 aromatic rings. The van der Waals surface area contributed by atoms with Gasteiger partial charge in [0, 0.05) is 18.7 Å². The van der Waals surface area contributed by atoms with E-state index in [9.17, 15) is 4.79 Å². The molecule has 7 heteroatoms. The van der Waals surface area contributed by atoms with Crippen LogP contribution in [0.5, 0.6) is 11.5 Å². The Morgan fingerprint density at radius 1 is 0.969 bits per heavy atom. The van der Waals surface area contributed by atoms with Crippen molar-refractivity contribution in [3.63, 3.8) is 0 Å². The topological polar surface area (TPSA) is 73.2 Å². The van der Waals surface area contributed by atoms with E-state index in [4.69, 9.17) is 14.3 Å². The van der Waals surface area contributed by atoms with E-state index in [0.29, 0.717) is 29.4 Å². The number of pyridine rings is 1. The molecule has 7 nitrogen and oxygen atoms in total. The lowest BCUT2D eigenvalue weighted by molar-refractivity contribution is -0.143. The fourth-order valence-electron chi connectivity index (χ4n) is 3.62. The molecule has 1 atom stereocenters. The van der Waals surface area contributed by atoms with Crippen LogP contribution < -0.4 is 9.47 Å². The number of amidine groups is 1. The minimum absolute atomic E-state index is 0.175. The van der Waals surface area contributed by atoms with Gasteiger partial charge in [-0.25, -0.2) is 0 Å². The SMILES string of the molecule is COc1cc(CN2C(=O)C(Cc3ccccc3)ON=C2c2ncccc2C)cc(OC)c1. The quantitative estimate of drug-likeness (QED) is 0.570. The predicted octanol–water partition coefficient (Wildman–Crippen LogP) is 3.74. The number of hydrogen-bond donors (Lipinski definition) is 0. The van der Waals surface area contributed by atoms with Crippen LogP contribution in [0, 0.1) is 6.92 Å². The van der Waals surface area contributed by atoms with Gasteiger partial charge in [-0.1, -0.05) is 41.6 Å². The molecule has 0 saturated heterocycles. The predicted molar refractivity (Wildman–Crippen MR) is 121 cm³/mol. The second-order valence-corrected chi connectivity index (χ2v) is 7.51. The summed E-state index contributed by atoms with van der Waals surface area (Å²) in [4.78, 5) is 25.3. The van der Waals surface area contributed by atoms with Crippen LogP contribution in [0.3, 0.4) is 0 Å². The maximum absolute atomic E-state index is 13.6. The van der Waals surface area contributed by atoms with Crippen molar-refractivity contribution in [2.24, 2.45) is 5.16 Å². The minimum Gasteiger partial charge on any atom is -0.497 e. The number of nitrogens with zero attached hydrogens (tertiary/aromatic N) is 3. The second kappa shape index (κ2) is 9.51. The standard InChI is InChI=1S/C25H25N3O4/c1-17-8-7-11-26-23(17)24-27-32-22(14-18-9-5-4-6-10-18)25(29)28(24)16-19-12-20(30-2)15-21(13-19)31-3/h4-13,15,22H,14,16H2,1-3H3. The third-order valence-electron chi connectivity index (χ3n) is 5.30. The monoisotopic (exact) mass is 431 g/mol. The fourth-order valence-corrected chi connectivity index (χ4v) is 3.62. The van der Waals surface area contributed by atoms with Crippen molar-refractivity contribution in [2.75, 3.05) is 14.2 Å². The molecule has 164 valence electrons. The summed E-state index contributed by atoms with van der Waals surface area (Å²) < 4.78 is 10.8. The molecule has 4 rings (SSSR count). The molecule has 0 radical (unpaired) electrons. The number of carbonyl (C=O) groups is 1. The van der Waals surface area contributed by atoms with Crippen LogP contribution in [0.2, 0.25) is 0 Å². The lowest BCUT2D eigenvalue weighted by Gasteiger charge is -2.31. The van der Waals surface area contributed by atoms with Crippen LogP contribution in [-0.4, -0.2) is 42.0 Å². The van der Waals surface area contributed by atoms with Crippen LogP contribution in [0.4, 0.5) is 0 Å². The highest BCUT2D eigenvalue weighted by Gasteiger charge is 2.36. The summed E-state index contributed by atoms with van der Waals surface area (Å²) in [5.41, 5.74) is 3.35. The van der Waals surface area contributed by atoms with E-state index in [2.05, 4.69) is 10.1 Å². The Morgan fingerprint density at radius 3 is 2.34 bits per heavy atom. The molecular weight excluding hydrogens is 406 g/mol. The lowest BCUT2D eigenvalue weighted by Crippen LogP contribution is -2.48. The van der Waals surface area contributed by atoms with Crippen LogP contribution in [-0.2, 0) is 22.6 Å². The first kappa shape index (κ1) is 21.4. The van der Waals surface area contributed by atoms with Gasteiger partial charge in [-0.15, -0.1) is 0 Å². The Morgan fingerprint density at radius 2 is 1.69 bits per heavy atom. The molecular formula is C25H25N3O4. The Kier molecular flexibility index (Phi) is 6.35. The van der Waals surface area contributed by atoms with Crippen molar-refractivity contribution in [1.29, 1.82) is 0 Å². The summed E-state index contributed by atoms with van der Waals surface area (Å²) in [6.07, 6.45) is 1.38. The normalized spacial score (nSPS) is 15.7. The highest BCUT2D eigenvalue weighted by atomic mass is 16.6. The molecule has 1 aromatic heterocycles. The number of rotatable bonds is 7. The van der Waals surface area contributed by atoms with Gasteiger partial charge >= 0.3 is 0 Å². The molecule has 1 amide bonds. The number of oxime groups is 1. The summed E-state index contributed by atoms with van der Waals surface area (Å²) in [5.74, 6) is 1.51. The molecule has 1 unspecified atom stereocenters. The zero-order valence-corrected chi connectivity index (χ0v) is 18.3. The van der Waals surface area contributed by atoms with Crippen LogP contribution in [0.25, 0.3) is 0 Å². The molecule has 1 aliphatic heterocycles. The average molecular weight is 431 g/mol. The molecule has 0 saturated carbocycles. The van der Waals surface area contributed by atoms with Gasteiger partial charge in [0.1, 0.15) is 17.2 Å². The van der Waals surface area contributed by atoms with E-state index in [0.717, 1.165) is 16.7 Å². The molecule has 0 aliphatic carbocycles. The van der Waals surface area contributed by atoms with Gasteiger partial charge in [0.2, 0.25) is 11.9 Å². The molecule has 0 N–H and O–H groups in total. The van der Waals surface area contributed by atoms with E-state index in [1.165, 1.54) is 0 Å². The molecule has 32 heavy (non-hydrogen) atoms. The van der Waals surface area contributed by atoms with Crippen LogP contribution in [0.1, 0.15) is 22.4 Å².